The summed E-state index contributed by atoms with van der Waals surface area (Å²) in [6.07, 6.45) is 1.03. The third-order valence-corrected chi connectivity index (χ3v) is 8.81. The lowest BCUT2D eigenvalue weighted by Gasteiger charge is -2.53. The molecule has 0 saturated carbocycles. The number of thiophene rings is 1. The van der Waals surface area contributed by atoms with Crippen molar-refractivity contribution < 1.29 is 33.3 Å². The minimum absolute atomic E-state index is 0.0523. The molecule has 0 bridgehead atoms. The van der Waals surface area contributed by atoms with Gasteiger partial charge in [-0.25, -0.2) is 0 Å². The van der Waals surface area contributed by atoms with Crippen LogP contribution in [0.3, 0.4) is 0 Å². The van der Waals surface area contributed by atoms with E-state index in [1.165, 1.54) is 7.11 Å². The number of fused-ring (bicyclic) bond motifs is 2. The largest absolute Gasteiger partial charge is 0.468 e. The van der Waals surface area contributed by atoms with Crippen LogP contribution in [-0.2, 0) is 36.9 Å². The molecule has 2 amide bonds. The standard InChI is InChI=1S/C30H36N2O7S/c1-18-30(28(35)36-5)14-20(12-26(33)31-15-21-7-6-10-40-21)27(34)32(24(30)13-25(39-18)29(2,3)4)16-19-8-9-22-23(11-19)38-17-37-22/h6-11,13,18,20,25H,12,14-17H2,1-5H3,(H,31,33)/t18-,20+,25-,30+/m1/s1. The van der Waals surface area contributed by atoms with E-state index >= 15 is 0 Å². The van der Waals surface area contributed by atoms with Crippen LogP contribution in [0.1, 0.15) is 51.0 Å². The van der Waals surface area contributed by atoms with Crippen molar-refractivity contribution in [1.82, 2.24) is 10.2 Å². The van der Waals surface area contributed by atoms with Crippen LogP contribution in [0.25, 0.3) is 0 Å². The first-order valence-electron chi connectivity index (χ1n) is 13.5. The molecule has 5 rings (SSSR count). The summed E-state index contributed by atoms with van der Waals surface area (Å²) in [5.41, 5.74) is -0.155. The Morgan fingerprint density at radius 2 is 1.98 bits per heavy atom. The van der Waals surface area contributed by atoms with Crippen LogP contribution < -0.4 is 14.8 Å². The number of carbonyl (C=O) groups is 3. The zero-order chi connectivity index (χ0) is 28.7. The lowest BCUT2D eigenvalue weighted by atomic mass is 9.65. The van der Waals surface area contributed by atoms with Gasteiger partial charge in [0.1, 0.15) is 5.41 Å². The molecule has 3 aliphatic heterocycles. The summed E-state index contributed by atoms with van der Waals surface area (Å²) in [7, 11) is 1.35. The van der Waals surface area contributed by atoms with Gasteiger partial charge in [-0.3, -0.25) is 14.4 Å². The zero-order valence-electron chi connectivity index (χ0n) is 23.5. The van der Waals surface area contributed by atoms with E-state index < -0.39 is 23.4 Å². The summed E-state index contributed by atoms with van der Waals surface area (Å²) in [5.74, 6) is -0.440. The number of ether oxygens (including phenoxy) is 4. The second-order valence-corrected chi connectivity index (χ2v) is 12.7. The fourth-order valence-corrected chi connectivity index (χ4v) is 6.37. The molecular weight excluding hydrogens is 532 g/mol. The fraction of sp³-hybridized carbons (Fsp3) is 0.500. The minimum atomic E-state index is -1.25. The van der Waals surface area contributed by atoms with Crippen molar-refractivity contribution in [1.29, 1.82) is 0 Å². The minimum Gasteiger partial charge on any atom is -0.468 e. The number of benzene rings is 1. The van der Waals surface area contributed by atoms with Crippen molar-refractivity contribution in [2.45, 2.75) is 65.8 Å². The monoisotopic (exact) mass is 568 g/mol. The van der Waals surface area contributed by atoms with Crippen LogP contribution >= 0.6 is 11.3 Å². The Bertz CT molecular complexity index is 1320. The normalized spacial score (nSPS) is 25.7. The van der Waals surface area contributed by atoms with E-state index in [1.807, 2.05) is 48.7 Å². The third-order valence-electron chi connectivity index (χ3n) is 7.94. The maximum absolute atomic E-state index is 14.2. The van der Waals surface area contributed by atoms with Crippen molar-refractivity contribution in [3.05, 3.63) is 57.9 Å². The number of nitrogens with one attached hydrogen (secondary N) is 1. The van der Waals surface area contributed by atoms with Gasteiger partial charge in [-0.05, 0) is 54.0 Å². The molecule has 2 aromatic rings. The van der Waals surface area contributed by atoms with Gasteiger partial charge in [0.15, 0.2) is 11.5 Å². The summed E-state index contributed by atoms with van der Waals surface area (Å²) in [5, 5.41) is 4.87. The SMILES string of the molecule is COC(=O)[C@]12C[C@H](CC(=O)NCc3cccs3)C(=O)N(Cc3ccc4c(c3)OCO4)C1=C[C@H](C(C)(C)C)O[C@@H]2C. The van der Waals surface area contributed by atoms with E-state index in [2.05, 4.69) is 26.1 Å². The van der Waals surface area contributed by atoms with Crippen LogP contribution in [0.15, 0.2) is 47.5 Å². The predicted molar refractivity (Wildman–Crippen MR) is 148 cm³/mol. The molecule has 0 aliphatic carbocycles. The third kappa shape index (κ3) is 5.22. The smallest absolute Gasteiger partial charge is 0.320 e. The lowest BCUT2D eigenvalue weighted by molar-refractivity contribution is -0.180. The molecule has 9 nitrogen and oxygen atoms in total. The van der Waals surface area contributed by atoms with Gasteiger partial charge in [0.25, 0.3) is 0 Å². The molecular formula is C30H36N2O7S. The topological polar surface area (TPSA) is 103 Å². The number of esters is 1. The molecule has 40 heavy (non-hydrogen) atoms. The van der Waals surface area contributed by atoms with Crippen molar-refractivity contribution in [3.63, 3.8) is 0 Å². The van der Waals surface area contributed by atoms with E-state index in [9.17, 15) is 14.4 Å². The number of carbonyl (C=O) groups excluding carboxylic acids is 3. The Balaban J connectivity index is 1.52. The molecule has 3 aliphatic rings. The van der Waals surface area contributed by atoms with Crippen LogP contribution in [0, 0.1) is 16.7 Å². The van der Waals surface area contributed by atoms with Crippen molar-refractivity contribution in [2.24, 2.45) is 16.7 Å². The maximum Gasteiger partial charge on any atom is 0.320 e. The number of nitrogens with zero attached hydrogens (tertiary/aromatic N) is 1. The Morgan fingerprint density at radius 1 is 1.20 bits per heavy atom. The summed E-state index contributed by atoms with van der Waals surface area (Å²) in [4.78, 5) is 43.5. The molecule has 0 radical (unpaired) electrons. The van der Waals surface area contributed by atoms with E-state index in [0.717, 1.165) is 10.4 Å². The van der Waals surface area contributed by atoms with Crippen LogP contribution in [0.4, 0.5) is 0 Å². The molecule has 214 valence electrons. The van der Waals surface area contributed by atoms with E-state index in [0.29, 0.717) is 23.7 Å². The molecule has 1 saturated heterocycles. The number of hydrogen-bond acceptors (Lipinski definition) is 8. The van der Waals surface area contributed by atoms with E-state index in [-0.39, 0.29) is 49.5 Å². The molecule has 4 heterocycles. The Hall–Kier alpha value is -3.37. The predicted octanol–water partition coefficient (Wildman–Crippen LogP) is 4.41. The highest BCUT2D eigenvalue weighted by molar-refractivity contribution is 7.09. The molecule has 4 atom stereocenters. The first kappa shape index (κ1) is 28.2. The highest BCUT2D eigenvalue weighted by atomic mass is 32.1. The Labute approximate surface area is 238 Å². The van der Waals surface area contributed by atoms with Crippen LogP contribution in [-0.4, -0.2) is 48.8 Å². The average molecular weight is 569 g/mol. The van der Waals surface area contributed by atoms with Gasteiger partial charge in [-0.15, -0.1) is 11.3 Å². The number of piperidine rings is 1. The molecule has 1 N–H and O–H groups in total. The lowest BCUT2D eigenvalue weighted by Crippen LogP contribution is -2.60. The second-order valence-electron chi connectivity index (χ2n) is 11.7. The second kappa shape index (κ2) is 10.9. The van der Waals surface area contributed by atoms with Gasteiger partial charge in [-0.2, -0.15) is 0 Å². The van der Waals surface area contributed by atoms with Gasteiger partial charge < -0.3 is 29.2 Å². The van der Waals surface area contributed by atoms with Crippen LogP contribution in [0.5, 0.6) is 11.5 Å². The molecule has 0 unspecified atom stereocenters. The maximum atomic E-state index is 14.2. The highest BCUT2D eigenvalue weighted by Crippen LogP contribution is 2.52. The zero-order valence-corrected chi connectivity index (χ0v) is 24.3. The van der Waals surface area contributed by atoms with Gasteiger partial charge in [-0.1, -0.05) is 32.9 Å². The molecule has 1 aromatic carbocycles. The van der Waals surface area contributed by atoms with Gasteiger partial charge in [0, 0.05) is 22.9 Å². The van der Waals surface area contributed by atoms with E-state index in [1.54, 1.807) is 16.2 Å². The highest BCUT2D eigenvalue weighted by Gasteiger charge is 2.60. The van der Waals surface area contributed by atoms with Gasteiger partial charge >= 0.3 is 5.97 Å². The first-order chi connectivity index (χ1) is 19.0. The van der Waals surface area contributed by atoms with Crippen molar-refractivity contribution >= 4 is 29.1 Å². The number of methoxy groups -OCH3 is 1. The van der Waals surface area contributed by atoms with Crippen molar-refractivity contribution in [2.75, 3.05) is 13.9 Å². The van der Waals surface area contributed by atoms with Gasteiger partial charge in [0.05, 0.1) is 32.4 Å². The van der Waals surface area contributed by atoms with Crippen LogP contribution in [0.2, 0.25) is 0 Å². The fourth-order valence-electron chi connectivity index (χ4n) is 5.72. The Morgan fingerprint density at radius 3 is 2.67 bits per heavy atom. The first-order valence-corrected chi connectivity index (χ1v) is 14.4. The number of amides is 2. The summed E-state index contributed by atoms with van der Waals surface area (Å²) >= 11 is 1.55. The average Bonchev–Trinajstić information content (AvgIpc) is 3.61. The quantitative estimate of drug-likeness (QED) is 0.494. The van der Waals surface area contributed by atoms with Crippen molar-refractivity contribution in [3.8, 4) is 11.5 Å². The molecule has 1 fully saturated rings. The molecule has 1 aromatic heterocycles. The molecule has 0 spiro atoms. The number of rotatable bonds is 7. The number of hydrogen-bond donors (Lipinski definition) is 1. The summed E-state index contributed by atoms with van der Waals surface area (Å²) < 4.78 is 22.8. The summed E-state index contributed by atoms with van der Waals surface area (Å²) in [6, 6.07) is 9.40. The Kier molecular flexibility index (Phi) is 7.67. The molecule has 10 heteroatoms. The van der Waals surface area contributed by atoms with E-state index in [4.69, 9.17) is 18.9 Å². The van der Waals surface area contributed by atoms with Gasteiger partial charge in [0.2, 0.25) is 18.6 Å². The number of likely N-dealkylation sites (tertiary alicyclic amines) is 1. The summed E-state index contributed by atoms with van der Waals surface area (Å²) in [6.45, 7) is 8.74.